The average Bonchev–Trinajstić information content (AvgIpc) is 3.50. The quantitative estimate of drug-likeness (QED) is 0.655. The highest BCUT2D eigenvalue weighted by Gasteiger charge is 2.39. The summed E-state index contributed by atoms with van der Waals surface area (Å²) in [7, 11) is 0. The minimum Gasteiger partial charge on any atom is -0.486 e. The number of hydrogen-bond acceptors (Lipinski definition) is 3. The Labute approximate surface area is 178 Å². The zero-order chi connectivity index (χ0) is 20.5. The van der Waals surface area contributed by atoms with Crippen LogP contribution in [0.1, 0.15) is 61.1 Å². The lowest BCUT2D eigenvalue weighted by Gasteiger charge is -2.35. The van der Waals surface area contributed by atoms with Gasteiger partial charge in [0.25, 0.3) is 5.91 Å². The molecule has 2 aromatic rings. The standard InChI is InChI=1S/C26H28N2O2/c1-18(19-5-3-2-4-6-19)30-25-13-8-20(9-14-25)26(29)28(23-11-12-23)24-10-7-21-16-27-17-22(21)15-24/h2-6,8-9,13-14,17-18,23-24H,7,10-12,15-16H2,1H3/t18-,24?/m0/s1. The van der Waals surface area contributed by atoms with Gasteiger partial charge in [0.15, 0.2) is 0 Å². The highest BCUT2D eigenvalue weighted by Crippen LogP contribution is 2.37. The summed E-state index contributed by atoms with van der Waals surface area (Å²) in [6, 6.07) is 18.5. The number of rotatable bonds is 6. The normalized spacial score (nSPS) is 21.3. The number of hydrogen-bond donors (Lipinski definition) is 0. The minimum atomic E-state index is -0.0338. The van der Waals surface area contributed by atoms with Gasteiger partial charge in [-0.15, -0.1) is 0 Å². The van der Waals surface area contributed by atoms with E-state index in [2.05, 4.69) is 22.0 Å². The zero-order valence-corrected chi connectivity index (χ0v) is 17.5. The first-order chi connectivity index (χ1) is 14.7. The number of ether oxygens (including phenoxy) is 1. The third kappa shape index (κ3) is 3.91. The molecule has 2 atom stereocenters. The molecular formula is C26H28N2O2. The lowest BCUT2D eigenvalue weighted by molar-refractivity contribution is 0.0645. The van der Waals surface area contributed by atoms with Gasteiger partial charge in [0.05, 0.1) is 6.54 Å². The fraction of sp³-hybridized carbons (Fsp3) is 0.385. The molecule has 154 valence electrons. The van der Waals surface area contributed by atoms with Crippen molar-refractivity contribution in [3.8, 4) is 5.75 Å². The molecule has 1 saturated carbocycles. The van der Waals surface area contributed by atoms with E-state index in [1.165, 1.54) is 11.1 Å². The SMILES string of the molecule is C[C@H](Oc1ccc(C(=O)N(C2CC2)C2CCC3=C(C=NC3)C2)cc1)c1ccccc1. The van der Waals surface area contributed by atoms with E-state index in [0.29, 0.717) is 12.1 Å². The maximum absolute atomic E-state index is 13.4. The highest BCUT2D eigenvalue weighted by molar-refractivity contribution is 5.95. The van der Waals surface area contributed by atoms with E-state index in [1.54, 1.807) is 0 Å². The van der Waals surface area contributed by atoms with Gasteiger partial charge in [-0.2, -0.15) is 0 Å². The Morgan fingerprint density at radius 3 is 2.53 bits per heavy atom. The molecule has 0 N–H and O–H groups in total. The van der Waals surface area contributed by atoms with Gasteiger partial charge in [0, 0.05) is 23.9 Å². The number of nitrogens with zero attached hydrogens (tertiary/aromatic N) is 2. The topological polar surface area (TPSA) is 41.9 Å². The number of aliphatic imine (C=N–C) groups is 1. The Kier molecular flexibility index (Phi) is 5.16. The summed E-state index contributed by atoms with van der Waals surface area (Å²) in [5, 5.41) is 0. The molecule has 4 nitrogen and oxygen atoms in total. The summed E-state index contributed by atoms with van der Waals surface area (Å²) in [6.45, 7) is 2.91. The van der Waals surface area contributed by atoms with Gasteiger partial charge < -0.3 is 9.64 Å². The predicted molar refractivity (Wildman–Crippen MR) is 119 cm³/mol. The maximum atomic E-state index is 13.4. The highest BCUT2D eigenvalue weighted by atomic mass is 16.5. The molecule has 0 bridgehead atoms. The van der Waals surface area contributed by atoms with Gasteiger partial charge in [-0.05, 0) is 80.0 Å². The second kappa shape index (κ2) is 8.10. The number of benzene rings is 2. The molecule has 4 heteroatoms. The lowest BCUT2D eigenvalue weighted by Crippen LogP contribution is -2.43. The van der Waals surface area contributed by atoms with Crippen molar-refractivity contribution in [2.45, 2.75) is 57.2 Å². The first kappa shape index (κ1) is 19.1. The van der Waals surface area contributed by atoms with Crippen molar-refractivity contribution in [2.75, 3.05) is 6.54 Å². The van der Waals surface area contributed by atoms with Gasteiger partial charge in [0.2, 0.25) is 0 Å². The van der Waals surface area contributed by atoms with Crippen LogP contribution in [0.4, 0.5) is 0 Å². The third-order valence-electron chi connectivity index (χ3n) is 6.47. The molecule has 30 heavy (non-hydrogen) atoms. The predicted octanol–water partition coefficient (Wildman–Crippen LogP) is 5.36. The fourth-order valence-corrected chi connectivity index (χ4v) is 4.63. The monoisotopic (exact) mass is 400 g/mol. The molecule has 0 aromatic heterocycles. The Bertz CT molecular complexity index is 974. The van der Waals surface area contributed by atoms with Crippen LogP contribution in [0.25, 0.3) is 0 Å². The van der Waals surface area contributed by atoms with Gasteiger partial charge in [-0.25, -0.2) is 0 Å². The van der Waals surface area contributed by atoms with Crippen molar-refractivity contribution in [1.29, 1.82) is 0 Å². The van der Waals surface area contributed by atoms with Crippen LogP contribution in [0.15, 0.2) is 70.7 Å². The summed E-state index contributed by atoms with van der Waals surface area (Å²) in [4.78, 5) is 20.0. The Hall–Kier alpha value is -2.88. The Morgan fingerprint density at radius 1 is 1.03 bits per heavy atom. The van der Waals surface area contributed by atoms with Crippen LogP contribution in [0.3, 0.4) is 0 Å². The van der Waals surface area contributed by atoms with E-state index in [0.717, 1.165) is 55.5 Å². The van der Waals surface area contributed by atoms with Crippen molar-refractivity contribution in [2.24, 2.45) is 4.99 Å². The second-order valence-corrected chi connectivity index (χ2v) is 8.63. The van der Waals surface area contributed by atoms with Crippen molar-refractivity contribution < 1.29 is 9.53 Å². The lowest BCUT2D eigenvalue weighted by atomic mass is 9.88. The van der Waals surface area contributed by atoms with E-state index in [1.807, 2.05) is 55.6 Å². The van der Waals surface area contributed by atoms with Crippen molar-refractivity contribution in [1.82, 2.24) is 4.90 Å². The summed E-state index contributed by atoms with van der Waals surface area (Å²) >= 11 is 0. The van der Waals surface area contributed by atoms with Crippen LogP contribution in [0, 0.1) is 0 Å². The number of carbonyl (C=O) groups is 1. The molecule has 0 radical (unpaired) electrons. The van der Waals surface area contributed by atoms with Crippen LogP contribution in [0.5, 0.6) is 5.75 Å². The molecule has 3 aliphatic rings. The maximum Gasteiger partial charge on any atom is 0.254 e. The van der Waals surface area contributed by atoms with E-state index in [4.69, 9.17) is 4.74 Å². The Morgan fingerprint density at radius 2 is 1.80 bits per heavy atom. The van der Waals surface area contributed by atoms with Gasteiger partial charge in [-0.1, -0.05) is 30.3 Å². The molecule has 2 aliphatic carbocycles. The van der Waals surface area contributed by atoms with Crippen LogP contribution >= 0.6 is 0 Å². The van der Waals surface area contributed by atoms with Crippen LogP contribution < -0.4 is 4.74 Å². The smallest absolute Gasteiger partial charge is 0.254 e. The summed E-state index contributed by atoms with van der Waals surface area (Å²) < 4.78 is 6.07. The average molecular weight is 401 g/mol. The molecule has 1 unspecified atom stereocenters. The fourth-order valence-electron chi connectivity index (χ4n) is 4.63. The van der Waals surface area contributed by atoms with Crippen LogP contribution in [-0.2, 0) is 0 Å². The number of amides is 1. The molecular weight excluding hydrogens is 372 g/mol. The molecule has 5 rings (SSSR count). The van der Waals surface area contributed by atoms with E-state index < -0.39 is 0 Å². The zero-order valence-electron chi connectivity index (χ0n) is 17.5. The van der Waals surface area contributed by atoms with Crippen molar-refractivity contribution in [3.63, 3.8) is 0 Å². The molecule has 2 aromatic carbocycles. The summed E-state index contributed by atoms with van der Waals surface area (Å²) in [6.07, 6.45) is 7.32. The summed E-state index contributed by atoms with van der Waals surface area (Å²) in [5.74, 6) is 0.944. The molecule has 1 amide bonds. The molecule has 1 fully saturated rings. The summed E-state index contributed by atoms with van der Waals surface area (Å²) in [5.41, 5.74) is 4.73. The van der Waals surface area contributed by atoms with E-state index >= 15 is 0 Å². The molecule has 1 heterocycles. The van der Waals surface area contributed by atoms with Crippen molar-refractivity contribution in [3.05, 3.63) is 76.9 Å². The van der Waals surface area contributed by atoms with Gasteiger partial charge in [-0.3, -0.25) is 9.79 Å². The largest absolute Gasteiger partial charge is 0.486 e. The third-order valence-corrected chi connectivity index (χ3v) is 6.47. The molecule has 0 saturated heterocycles. The molecule has 0 spiro atoms. The van der Waals surface area contributed by atoms with E-state index in [-0.39, 0.29) is 12.0 Å². The van der Waals surface area contributed by atoms with Crippen LogP contribution in [0.2, 0.25) is 0 Å². The number of carbonyl (C=O) groups excluding carboxylic acids is 1. The van der Waals surface area contributed by atoms with Crippen molar-refractivity contribution >= 4 is 12.1 Å². The van der Waals surface area contributed by atoms with Crippen LogP contribution in [-0.4, -0.2) is 35.7 Å². The van der Waals surface area contributed by atoms with Gasteiger partial charge >= 0.3 is 0 Å². The minimum absolute atomic E-state index is 0.0338. The first-order valence-electron chi connectivity index (χ1n) is 11.0. The second-order valence-electron chi connectivity index (χ2n) is 8.63. The molecule has 1 aliphatic heterocycles. The Balaban J connectivity index is 1.28. The van der Waals surface area contributed by atoms with Gasteiger partial charge in [0.1, 0.15) is 11.9 Å². The van der Waals surface area contributed by atoms with E-state index in [9.17, 15) is 4.79 Å². The first-order valence-corrected chi connectivity index (χ1v) is 11.0.